The van der Waals surface area contributed by atoms with Crippen LogP contribution in [-0.4, -0.2) is 11.1 Å². The lowest BCUT2D eigenvalue weighted by atomic mass is 9.98. The van der Waals surface area contributed by atoms with E-state index < -0.39 is 0 Å². The molecule has 0 N–H and O–H groups in total. The fourth-order valence-electron chi connectivity index (χ4n) is 1.87. The third-order valence-corrected chi connectivity index (χ3v) is 4.41. The van der Waals surface area contributed by atoms with Crippen molar-refractivity contribution < 1.29 is 5.11 Å². The Morgan fingerprint density at radius 3 is 2.12 bits per heavy atom. The summed E-state index contributed by atoms with van der Waals surface area (Å²) in [6, 6.07) is 6.23. The second-order valence-corrected chi connectivity index (χ2v) is 5.90. The third-order valence-electron chi connectivity index (χ3n) is 3.14. The van der Waals surface area contributed by atoms with Gasteiger partial charge in [0.05, 0.1) is 0 Å². The highest BCUT2D eigenvalue weighted by atomic mass is 31.1. The average molecular weight is 249 g/mol. The summed E-state index contributed by atoms with van der Waals surface area (Å²) in [5, 5.41) is 12.4. The van der Waals surface area contributed by atoms with E-state index in [0.717, 1.165) is 33.0 Å². The van der Waals surface area contributed by atoms with E-state index in [4.69, 9.17) is 0 Å². The van der Waals surface area contributed by atoms with E-state index in [1.807, 2.05) is 0 Å². The minimum atomic E-state index is 0.300. The zero-order valence-corrected chi connectivity index (χ0v) is 12.2. The Morgan fingerprint density at radius 2 is 1.71 bits per heavy atom. The van der Waals surface area contributed by atoms with Crippen molar-refractivity contribution in [3.63, 3.8) is 0 Å². The molecular formula is C15H22OP-. The minimum absolute atomic E-state index is 0.300. The normalized spacial score (nSPS) is 13.8. The van der Waals surface area contributed by atoms with Gasteiger partial charge in [-0.1, -0.05) is 45.9 Å². The van der Waals surface area contributed by atoms with E-state index in [1.54, 1.807) is 0 Å². The molecule has 94 valence electrons. The Bertz CT molecular complexity index is 374. The lowest BCUT2D eigenvalue weighted by Crippen LogP contribution is -2.21. The molecule has 0 saturated carbocycles. The van der Waals surface area contributed by atoms with Crippen molar-refractivity contribution in [2.45, 2.75) is 52.6 Å². The summed E-state index contributed by atoms with van der Waals surface area (Å²) >= 11 is 0. The summed E-state index contributed by atoms with van der Waals surface area (Å²) < 4.78 is 0. The van der Waals surface area contributed by atoms with Gasteiger partial charge in [-0.05, 0) is 41.6 Å². The van der Waals surface area contributed by atoms with Gasteiger partial charge in [0.2, 0.25) is 0 Å². The summed E-state index contributed by atoms with van der Waals surface area (Å²) in [4.78, 5) is 0. The molecule has 0 aromatic heterocycles. The third kappa shape index (κ3) is 3.66. The maximum absolute atomic E-state index is 12.4. The first kappa shape index (κ1) is 14.4. The van der Waals surface area contributed by atoms with Crippen LogP contribution in [0, 0.1) is 0 Å². The summed E-state index contributed by atoms with van der Waals surface area (Å²) in [5.41, 5.74) is 4.14. The monoisotopic (exact) mass is 249 g/mol. The SMILES string of the molecule is CCc1cccc(CC)c1C([O-])=PC(C)CC. The smallest absolute Gasteiger partial charge is 0.00317 e. The maximum Gasteiger partial charge on any atom is -0.00317 e. The fourth-order valence-corrected chi connectivity index (χ4v) is 2.87. The van der Waals surface area contributed by atoms with Gasteiger partial charge in [0, 0.05) is 0 Å². The standard InChI is InChI=1S/C15H23OP/c1-5-11(4)17-15(16)14-12(6-2)9-8-10-13(14)7-3/h8-11,16H,5-7H2,1-4H3/p-1. The lowest BCUT2D eigenvalue weighted by molar-refractivity contribution is -0.207. The molecule has 0 amide bonds. The quantitative estimate of drug-likeness (QED) is 0.733. The first-order chi connectivity index (χ1) is 8.13. The van der Waals surface area contributed by atoms with Gasteiger partial charge in [0.15, 0.2) is 0 Å². The fraction of sp³-hybridized carbons (Fsp3) is 0.533. The first-order valence-corrected chi connectivity index (χ1v) is 7.46. The molecule has 0 spiro atoms. The van der Waals surface area contributed by atoms with Crippen molar-refractivity contribution in [3.05, 3.63) is 34.9 Å². The summed E-state index contributed by atoms with van der Waals surface area (Å²) in [6.45, 7) is 8.51. The van der Waals surface area contributed by atoms with E-state index in [0.29, 0.717) is 11.1 Å². The number of rotatable bonds is 5. The molecular weight excluding hydrogens is 227 g/mol. The van der Waals surface area contributed by atoms with Crippen LogP contribution in [0.1, 0.15) is 50.8 Å². The van der Waals surface area contributed by atoms with Gasteiger partial charge < -0.3 is 5.11 Å². The van der Waals surface area contributed by atoms with Crippen molar-refractivity contribution in [2.24, 2.45) is 0 Å². The van der Waals surface area contributed by atoms with Crippen molar-refractivity contribution in [1.29, 1.82) is 0 Å². The molecule has 17 heavy (non-hydrogen) atoms. The van der Waals surface area contributed by atoms with Gasteiger partial charge in [-0.3, -0.25) is 0 Å². The molecule has 1 aromatic carbocycles. The molecule has 1 aromatic rings. The summed E-state index contributed by atoms with van der Waals surface area (Å²) in [6.07, 6.45) is 2.93. The summed E-state index contributed by atoms with van der Waals surface area (Å²) in [5.74, 6) is 0. The highest BCUT2D eigenvalue weighted by Crippen LogP contribution is 2.21. The Hall–Kier alpha value is -0.650. The van der Waals surface area contributed by atoms with Crippen LogP contribution in [0.4, 0.5) is 0 Å². The zero-order chi connectivity index (χ0) is 12.8. The van der Waals surface area contributed by atoms with Crippen LogP contribution in [0.3, 0.4) is 0 Å². The van der Waals surface area contributed by atoms with Gasteiger partial charge in [-0.15, -0.1) is 13.7 Å². The first-order valence-electron chi connectivity index (χ1n) is 6.49. The van der Waals surface area contributed by atoms with Crippen LogP contribution >= 0.6 is 8.20 Å². The molecule has 1 rings (SSSR count). The predicted octanol–water partition coefficient (Wildman–Crippen LogP) is 3.39. The Labute approximate surface area is 107 Å². The molecule has 1 atom stereocenters. The van der Waals surface area contributed by atoms with Crippen LogP contribution in [0.15, 0.2) is 18.2 Å². The van der Waals surface area contributed by atoms with Gasteiger partial charge in [0.25, 0.3) is 0 Å². The average Bonchev–Trinajstić information content (AvgIpc) is 2.37. The highest BCUT2D eigenvalue weighted by Gasteiger charge is 2.05. The van der Waals surface area contributed by atoms with Crippen molar-refractivity contribution in [2.75, 3.05) is 0 Å². The van der Waals surface area contributed by atoms with Crippen LogP contribution in [0.2, 0.25) is 0 Å². The van der Waals surface area contributed by atoms with E-state index in [2.05, 4.69) is 45.9 Å². The predicted molar refractivity (Wildman–Crippen MR) is 76.0 cm³/mol. The van der Waals surface area contributed by atoms with Gasteiger partial charge in [0.1, 0.15) is 0 Å². The van der Waals surface area contributed by atoms with Crippen molar-refractivity contribution in [3.8, 4) is 0 Å². The van der Waals surface area contributed by atoms with Crippen molar-refractivity contribution >= 4 is 13.7 Å². The lowest BCUT2D eigenvalue weighted by Gasteiger charge is -2.21. The molecule has 0 aliphatic rings. The number of hydrogen-bond donors (Lipinski definition) is 0. The maximum atomic E-state index is 12.4. The Balaban J connectivity index is 3.22. The Kier molecular flexibility index (Phi) is 5.88. The molecule has 2 heteroatoms. The Morgan fingerprint density at radius 1 is 1.18 bits per heavy atom. The topological polar surface area (TPSA) is 23.1 Å². The van der Waals surface area contributed by atoms with Gasteiger partial charge in [-0.2, -0.15) is 0 Å². The largest absolute Gasteiger partial charge is 0.824 e. The number of hydrogen-bond acceptors (Lipinski definition) is 1. The van der Waals surface area contributed by atoms with E-state index in [-0.39, 0.29) is 0 Å². The molecule has 0 fully saturated rings. The minimum Gasteiger partial charge on any atom is -0.824 e. The van der Waals surface area contributed by atoms with Gasteiger partial charge >= 0.3 is 0 Å². The zero-order valence-electron chi connectivity index (χ0n) is 11.3. The molecule has 0 radical (unpaired) electrons. The van der Waals surface area contributed by atoms with E-state index >= 15 is 0 Å². The molecule has 0 aliphatic heterocycles. The molecule has 0 aliphatic carbocycles. The second kappa shape index (κ2) is 6.93. The highest BCUT2D eigenvalue weighted by molar-refractivity contribution is 7.41. The van der Waals surface area contributed by atoms with Crippen LogP contribution in [0.25, 0.3) is 0 Å². The molecule has 1 unspecified atom stereocenters. The second-order valence-electron chi connectivity index (χ2n) is 4.35. The molecule has 0 heterocycles. The molecule has 1 nitrogen and oxygen atoms in total. The van der Waals surface area contributed by atoms with Crippen LogP contribution in [-0.2, 0) is 12.8 Å². The van der Waals surface area contributed by atoms with Crippen LogP contribution < -0.4 is 5.11 Å². The number of benzene rings is 1. The molecule has 0 bridgehead atoms. The molecule has 0 saturated heterocycles. The van der Waals surface area contributed by atoms with E-state index in [1.165, 1.54) is 11.1 Å². The number of aryl methyl sites for hydroxylation is 2. The van der Waals surface area contributed by atoms with E-state index in [9.17, 15) is 5.11 Å². The van der Waals surface area contributed by atoms with Crippen LogP contribution in [0.5, 0.6) is 0 Å². The van der Waals surface area contributed by atoms with Gasteiger partial charge in [-0.25, -0.2) is 0 Å². The van der Waals surface area contributed by atoms with Crippen molar-refractivity contribution in [1.82, 2.24) is 0 Å². The summed E-state index contributed by atoms with van der Waals surface area (Å²) in [7, 11) is 0.945.